The molecule has 5 rings (SSSR count). The number of methoxy groups -OCH3 is 2. The molecule has 4 aromatic carbocycles. The Kier molecular flexibility index (Phi) is 20.9. The Hall–Kier alpha value is -3.85. The molecule has 2 atom stereocenters. The number of rotatable bonds is 16. The molecule has 1 heterocycles. The molecule has 1 aliphatic rings. The summed E-state index contributed by atoms with van der Waals surface area (Å²) < 4.78 is 50.2. The number of β-lactam (4-membered cyclic amide) rings is 1. The van der Waals surface area contributed by atoms with Gasteiger partial charge in [-0.15, -0.1) is 0 Å². The molecule has 0 aliphatic carbocycles. The van der Waals surface area contributed by atoms with Gasteiger partial charge in [-0.1, -0.05) is 37.4 Å². The third-order valence-electron chi connectivity index (χ3n) is 12.1. The van der Waals surface area contributed by atoms with Crippen LogP contribution in [0.4, 0.5) is 20.2 Å². The van der Waals surface area contributed by atoms with E-state index in [2.05, 4.69) is 102 Å². The molecule has 4 aromatic rings. The first-order valence-electron chi connectivity index (χ1n) is 23.9. The number of amides is 1. The van der Waals surface area contributed by atoms with E-state index in [1.165, 1.54) is 12.1 Å². The van der Waals surface area contributed by atoms with Crippen LogP contribution in [0.15, 0.2) is 85.0 Å². The van der Waals surface area contributed by atoms with Crippen LogP contribution in [-0.4, -0.2) is 92.2 Å². The second-order valence-electron chi connectivity index (χ2n) is 22.1. The van der Waals surface area contributed by atoms with Crippen LogP contribution in [0.3, 0.4) is 0 Å². The summed E-state index contributed by atoms with van der Waals surface area (Å²) in [6.07, 6.45) is 0. The fraction of sp³-hybridized carbons (Fsp3) is 0.444. The van der Waals surface area contributed by atoms with E-state index in [-0.39, 0.29) is 35.8 Å². The van der Waals surface area contributed by atoms with Gasteiger partial charge in [0.2, 0.25) is 0 Å². The maximum absolute atomic E-state index is 14.1. The molecule has 0 bridgehead atoms. The monoisotopic (exact) mass is 1140 g/mol. The Morgan fingerprint density at radius 3 is 1.60 bits per heavy atom. The molecule has 9 nitrogen and oxygen atoms in total. The van der Waals surface area contributed by atoms with Crippen LogP contribution < -0.4 is 19.7 Å². The van der Waals surface area contributed by atoms with Crippen LogP contribution in [-0.2, 0) is 14.3 Å². The number of halogens is 2. The van der Waals surface area contributed by atoms with E-state index in [1.54, 1.807) is 58.1 Å². The van der Waals surface area contributed by atoms with Gasteiger partial charge in [-0.25, -0.2) is 13.6 Å². The Bertz CT molecular complexity index is 2490. The first-order valence-corrected chi connectivity index (χ1v) is 40.3. The summed E-state index contributed by atoms with van der Waals surface area (Å²) in [5, 5.41) is 3.28. The molecule has 0 spiro atoms. The Morgan fingerprint density at radius 1 is 0.700 bits per heavy atom. The Morgan fingerprint density at radius 2 is 1.16 bits per heavy atom. The first kappa shape index (κ1) is 60.5. The Balaban J connectivity index is 0.000000282. The number of carbonyl (C=O) groups excluding carboxylic acids is 2. The summed E-state index contributed by atoms with van der Waals surface area (Å²) in [7, 11) is -1.46. The molecule has 2 radical (unpaired) electrons. The zero-order valence-corrected chi connectivity index (χ0v) is 53.0. The van der Waals surface area contributed by atoms with E-state index in [9.17, 15) is 18.4 Å². The van der Waals surface area contributed by atoms with Gasteiger partial charge in [0, 0.05) is 29.1 Å². The number of hydrogen-bond donors (Lipinski definition) is 1. The fourth-order valence-corrected chi connectivity index (χ4v) is 42.0. The minimum atomic E-state index is -1.17. The number of benzene rings is 4. The van der Waals surface area contributed by atoms with Crippen LogP contribution in [0.5, 0.6) is 11.5 Å². The van der Waals surface area contributed by atoms with Crippen LogP contribution in [0.1, 0.15) is 63.5 Å². The van der Waals surface area contributed by atoms with E-state index in [1.807, 2.05) is 58.0 Å². The molecular formula is C54H82F2N4O5Si4Sn. The van der Waals surface area contributed by atoms with Gasteiger partial charge in [-0.2, -0.15) is 0 Å². The molecule has 70 heavy (non-hydrogen) atoms. The third-order valence-corrected chi connectivity index (χ3v) is 52.4. The maximum atomic E-state index is 14.1. The van der Waals surface area contributed by atoms with Crippen LogP contribution in [0.25, 0.3) is 0 Å². The van der Waals surface area contributed by atoms with Gasteiger partial charge < -0.3 is 19.5 Å². The summed E-state index contributed by atoms with van der Waals surface area (Å²) >= 11 is -0.599. The molecule has 1 fully saturated rings. The van der Waals surface area contributed by atoms with Gasteiger partial charge in [-0.05, 0) is 117 Å². The predicted octanol–water partition coefficient (Wildman–Crippen LogP) is 13.9. The molecule has 1 saturated heterocycles. The summed E-state index contributed by atoms with van der Waals surface area (Å²) in [5.74, 6) is 0.168. The molecule has 0 unspecified atom stereocenters. The standard InChI is InChI=1S/C22H26FNO3.C20H20FNO2.2C6H18NSi2.Sn/c1-7-27-22(25)16(5)21(17-9-8-13(2)19(23)11-17)24-18-10-14(3)15(4)20(12-18)26-6;1-11-6-7-15(9-17(11)21)19-14(4)20(23)22(19)16-8-12(2)13(3)18(10-16)24-5;2*1-8(2,3)7-9(4,5)6;/h8-12,21,24H,5,7H2,1-4,6H3;6-10,19H,4H2,1-3,5H3;2*1-6H3;/q;;2*-1;+2/t21-;19-;;;/m11.../s1. The van der Waals surface area contributed by atoms with Crippen molar-refractivity contribution >= 4 is 77.9 Å². The van der Waals surface area contributed by atoms with Crippen molar-refractivity contribution in [3.8, 4) is 11.5 Å². The van der Waals surface area contributed by atoms with Crippen molar-refractivity contribution in [1.29, 1.82) is 0 Å². The number of anilines is 2. The van der Waals surface area contributed by atoms with Crippen molar-refractivity contribution in [2.75, 3.05) is 31.0 Å². The number of esters is 1. The zero-order chi connectivity index (χ0) is 53.6. The van der Waals surface area contributed by atoms with Gasteiger partial charge in [-0.3, -0.25) is 9.69 Å². The molecule has 0 aromatic heterocycles. The average molecular weight is 1140 g/mol. The third kappa shape index (κ3) is 15.3. The number of nitrogens with zero attached hydrogens (tertiary/aromatic N) is 3. The minimum absolute atomic E-state index is 0.147. The van der Waals surface area contributed by atoms with Gasteiger partial charge in [0.25, 0.3) is 5.91 Å². The van der Waals surface area contributed by atoms with E-state index >= 15 is 0 Å². The molecule has 1 aliphatic heterocycles. The van der Waals surface area contributed by atoms with Crippen LogP contribution in [0, 0.1) is 53.2 Å². The molecule has 16 heteroatoms. The topological polar surface area (TPSA) is 83.6 Å². The molecular weight excluding hydrogens is 1050 g/mol. The average Bonchev–Trinajstić information content (AvgIpc) is 3.24. The van der Waals surface area contributed by atoms with Crippen molar-refractivity contribution in [3.63, 3.8) is 0 Å². The summed E-state index contributed by atoms with van der Waals surface area (Å²) in [6.45, 7) is 51.7. The zero-order valence-electron chi connectivity index (χ0n) is 46.2. The van der Waals surface area contributed by atoms with Gasteiger partial charge in [0.1, 0.15) is 23.1 Å². The predicted molar refractivity (Wildman–Crippen MR) is 302 cm³/mol. The van der Waals surface area contributed by atoms with E-state index in [0.717, 1.165) is 50.7 Å². The summed E-state index contributed by atoms with van der Waals surface area (Å²) in [5.41, 5.74) is 8.71. The van der Waals surface area contributed by atoms with E-state index in [4.69, 9.17) is 14.2 Å². The SMILES string of the molecule is C=C(C(=O)OCC)[C@@H](Nc1cc(C)c(C)c(OC)c1)c1ccc(C)c(F)c1.C=C1C(=O)N(c2cc(C)c(C)c(OC)c2)[C@H]1c1ccc(C)c(F)c1.C[Si](C)(C)[N]([Sn][N]([Si](C)(C)C)[Si](C)(C)C)[Si](C)(C)C. The normalized spacial score (nSPS) is 14.5. The van der Waals surface area contributed by atoms with Gasteiger partial charge >= 0.3 is 144 Å². The molecule has 0 saturated carbocycles. The number of aryl methyl sites for hydroxylation is 4. The number of ether oxygens (including phenoxy) is 3. The van der Waals surface area contributed by atoms with Gasteiger partial charge in [0.15, 0.2) is 0 Å². The van der Waals surface area contributed by atoms with Crippen LogP contribution >= 0.6 is 0 Å². The van der Waals surface area contributed by atoms with E-state index < -0.39 is 66.6 Å². The van der Waals surface area contributed by atoms with Gasteiger partial charge in [0.05, 0.1) is 38.5 Å². The second-order valence-corrected chi connectivity index (χ2v) is 50.4. The first-order chi connectivity index (χ1) is 32.1. The fourth-order valence-electron chi connectivity index (χ4n) is 8.54. The number of hydrogen-bond acceptors (Lipinski definition) is 8. The summed E-state index contributed by atoms with van der Waals surface area (Å²) in [6, 6.07) is 16.5. The summed E-state index contributed by atoms with van der Waals surface area (Å²) in [4.78, 5) is 26.3. The van der Waals surface area contributed by atoms with E-state index in [0.29, 0.717) is 22.3 Å². The molecule has 1 amide bonds. The quantitative estimate of drug-likeness (QED) is 0.0514. The second kappa shape index (κ2) is 24.2. The van der Waals surface area contributed by atoms with Crippen molar-refractivity contribution in [2.24, 2.45) is 0 Å². The van der Waals surface area contributed by atoms with Crippen molar-refractivity contribution < 1.29 is 32.6 Å². The van der Waals surface area contributed by atoms with Crippen molar-refractivity contribution in [1.82, 2.24) is 4.91 Å². The van der Waals surface area contributed by atoms with Crippen molar-refractivity contribution in [3.05, 3.63) is 141 Å². The molecule has 382 valence electrons. The molecule has 1 N–H and O–H groups in total. The Labute approximate surface area is 435 Å². The van der Waals surface area contributed by atoms with Crippen molar-refractivity contribution in [2.45, 2.75) is 139 Å². The number of nitrogens with one attached hydrogen (secondary N) is 1. The number of carbonyl (C=O) groups is 2. The van der Waals surface area contributed by atoms with Crippen LogP contribution in [0.2, 0.25) is 78.6 Å².